The Balaban J connectivity index is 1.76. The van der Waals surface area contributed by atoms with E-state index in [1.165, 1.54) is 29.9 Å². The molecule has 0 bridgehead atoms. The second-order valence-corrected chi connectivity index (χ2v) is 12.2. The van der Waals surface area contributed by atoms with Crippen LogP contribution in [0, 0.1) is 11.3 Å². The summed E-state index contributed by atoms with van der Waals surface area (Å²) in [6.07, 6.45) is -2.60. The summed E-state index contributed by atoms with van der Waals surface area (Å²) in [6.45, 7) is 5.63. The third-order valence-electron chi connectivity index (χ3n) is 7.06. The number of ether oxygens (including phenoxy) is 4. The number of nitrogens with zero attached hydrogens (tertiary/aromatic N) is 4. The zero-order valence-electron chi connectivity index (χ0n) is 26.4. The summed E-state index contributed by atoms with van der Waals surface area (Å²) < 4.78 is 50.1. The van der Waals surface area contributed by atoms with E-state index in [1.54, 1.807) is 44.2 Å². The molecule has 1 aromatic carbocycles. The van der Waals surface area contributed by atoms with Gasteiger partial charge in [0.1, 0.15) is 42.4 Å². The number of nitrogens with two attached hydrogens (primary N) is 1. The van der Waals surface area contributed by atoms with Crippen LogP contribution in [0.3, 0.4) is 0 Å². The number of nitrogen functional groups attached to an aromatic ring is 1. The lowest BCUT2D eigenvalue weighted by molar-refractivity contribution is -0.169. The van der Waals surface area contributed by atoms with Gasteiger partial charge in [-0.3, -0.25) is 18.9 Å². The summed E-state index contributed by atoms with van der Waals surface area (Å²) in [7, 11) is -4.51. The summed E-state index contributed by atoms with van der Waals surface area (Å²) in [5, 5.41) is 17.4. The number of nitrogens with one attached hydrogen (secondary N) is 1. The first-order valence-corrected chi connectivity index (χ1v) is 16.5. The molecule has 3 aromatic rings. The highest BCUT2D eigenvalue weighted by Crippen LogP contribution is 2.50. The third-order valence-corrected chi connectivity index (χ3v) is 8.68. The zero-order valence-corrected chi connectivity index (χ0v) is 27.3. The van der Waals surface area contributed by atoms with E-state index in [2.05, 4.69) is 15.2 Å². The first kappa shape index (κ1) is 35.3. The Morgan fingerprint density at radius 1 is 1.13 bits per heavy atom. The van der Waals surface area contributed by atoms with Crippen LogP contribution in [0.2, 0.25) is 0 Å². The molecule has 17 heteroatoms. The molecule has 1 fully saturated rings. The molecule has 3 heterocycles. The van der Waals surface area contributed by atoms with Crippen LogP contribution in [0.15, 0.2) is 48.8 Å². The van der Waals surface area contributed by atoms with E-state index >= 15 is 0 Å². The molecule has 0 radical (unpaired) electrons. The highest BCUT2D eigenvalue weighted by molar-refractivity contribution is 7.52. The Hall–Kier alpha value is -4.55. The summed E-state index contributed by atoms with van der Waals surface area (Å²) in [4.78, 5) is 41.9. The van der Waals surface area contributed by atoms with Crippen molar-refractivity contribution in [2.45, 2.75) is 76.9 Å². The normalized spacial score (nSPS) is 22.5. The number of hydrogen-bond donors (Lipinski definition) is 2. The molecule has 16 nitrogen and oxygen atoms in total. The molecule has 0 spiro atoms. The van der Waals surface area contributed by atoms with Gasteiger partial charge in [-0.15, -0.1) is 0 Å². The highest BCUT2D eigenvalue weighted by Gasteiger charge is 2.62. The maximum atomic E-state index is 14.2. The number of para-hydroxylation sites is 1. The fourth-order valence-electron chi connectivity index (χ4n) is 4.69. The SMILES string of the molecule is CCCOC(=O)[C@H](C)NP(=O)(OC[C@@]1(C#N)O[C@@H](c2ccc3c(N)ncnn23)[C@H](OC(=O)CC)[C@@H]1OC(=O)CC)Oc1ccccc1. The molecule has 0 amide bonds. The molecule has 0 saturated carbocycles. The van der Waals surface area contributed by atoms with E-state index in [0.29, 0.717) is 11.9 Å². The van der Waals surface area contributed by atoms with E-state index in [-0.39, 0.29) is 36.7 Å². The number of esters is 3. The van der Waals surface area contributed by atoms with E-state index in [1.807, 2.05) is 13.0 Å². The van der Waals surface area contributed by atoms with Crippen molar-refractivity contribution in [2.24, 2.45) is 0 Å². The highest BCUT2D eigenvalue weighted by atomic mass is 31.2. The van der Waals surface area contributed by atoms with Crippen LogP contribution in [-0.2, 0) is 42.4 Å². The van der Waals surface area contributed by atoms with Gasteiger partial charge in [-0.2, -0.15) is 15.4 Å². The number of carbonyl (C=O) groups is 3. The molecular formula is C30H37N6O10P. The van der Waals surface area contributed by atoms with Crippen molar-refractivity contribution in [3.05, 3.63) is 54.5 Å². The summed E-state index contributed by atoms with van der Waals surface area (Å²) >= 11 is 0. The largest absolute Gasteiger partial charge is 0.465 e. The molecule has 2 aromatic heterocycles. The Kier molecular flexibility index (Phi) is 11.5. The number of aromatic nitrogens is 3. The summed E-state index contributed by atoms with van der Waals surface area (Å²) in [6, 6.07) is 12.0. The monoisotopic (exact) mass is 672 g/mol. The zero-order chi connectivity index (χ0) is 34.2. The predicted octanol–water partition coefficient (Wildman–Crippen LogP) is 3.42. The van der Waals surface area contributed by atoms with Crippen molar-refractivity contribution in [1.82, 2.24) is 19.7 Å². The average Bonchev–Trinajstić information content (AvgIpc) is 3.63. The Morgan fingerprint density at radius 2 is 1.83 bits per heavy atom. The van der Waals surface area contributed by atoms with Gasteiger partial charge in [-0.1, -0.05) is 39.0 Å². The van der Waals surface area contributed by atoms with Crippen molar-refractivity contribution in [3.63, 3.8) is 0 Å². The van der Waals surface area contributed by atoms with Crippen molar-refractivity contribution in [3.8, 4) is 11.8 Å². The van der Waals surface area contributed by atoms with Gasteiger partial charge < -0.3 is 29.2 Å². The molecule has 0 aliphatic carbocycles. The Morgan fingerprint density at radius 3 is 2.49 bits per heavy atom. The first-order chi connectivity index (χ1) is 22.5. The van der Waals surface area contributed by atoms with Gasteiger partial charge in [0, 0.05) is 12.8 Å². The van der Waals surface area contributed by atoms with Gasteiger partial charge >= 0.3 is 25.7 Å². The number of nitriles is 1. The fourth-order valence-corrected chi connectivity index (χ4v) is 6.22. The second kappa shape index (κ2) is 15.4. The number of hydrogen-bond acceptors (Lipinski definition) is 14. The number of anilines is 1. The predicted molar refractivity (Wildman–Crippen MR) is 164 cm³/mol. The molecule has 47 heavy (non-hydrogen) atoms. The van der Waals surface area contributed by atoms with Crippen LogP contribution in [0.25, 0.3) is 5.52 Å². The fraction of sp³-hybridized carbons (Fsp3) is 0.467. The number of fused-ring (bicyclic) bond motifs is 1. The van der Waals surface area contributed by atoms with Crippen molar-refractivity contribution in [2.75, 3.05) is 18.9 Å². The molecule has 1 saturated heterocycles. The van der Waals surface area contributed by atoms with E-state index in [0.717, 1.165) is 0 Å². The molecule has 3 N–H and O–H groups in total. The standard InChI is InChI=1S/C30H37N6O10P/c1-5-15-41-29(39)19(4)35-47(40,46-20-11-9-8-10-12-20)42-17-30(16-31)27(44-24(38)7-3)26(43-23(37)6-2)25(45-30)21-13-14-22-28(32)33-18-34-36(21)22/h8-14,18-19,25-27H,5-7,15,17H2,1-4H3,(H,35,40)(H2,32,33,34)/t19-,25-,26-,27-,30+,47?/m0/s1. The van der Waals surface area contributed by atoms with Crippen LogP contribution in [-0.4, -0.2) is 69.6 Å². The van der Waals surface area contributed by atoms with Crippen molar-refractivity contribution in [1.29, 1.82) is 5.26 Å². The average molecular weight is 673 g/mol. The Labute approximate surface area is 271 Å². The molecule has 252 valence electrons. The van der Waals surface area contributed by atoms with Crippen molar-refractivity contribution >= 4 is 37.0 Å². The maximum absolute atomic E-state index is 14.2. The number of carbonyl (C=O) groups excluding carboxylic acids is 3. The number of benzene rings is 1. The minimum atomic E-state index is -4.51. The quantitative estimate of drug-likeness (QED) is 0.134. The molecule has 1 unspecified atom stereocenters. The Bertz CT molecular complexity index is 1660. The van der Waals surface area contributed by atoms with Crippen LogP contribution in [0.5, 0.6) is 5.75 Å². The van der Waals surface area contributed by atoms with E-state index in [9.17, 15) is 24.2 Å². The first-order valence-electron chi connectivity index (χ1n) is 15.0. The lowest BCUT2D eigenvalue weighted by Crippen LogP contribution is -2.49. The molecular weight excluding hydrogens is 635 g/mol. The van der Waals surface area contributed by atoms with Crippen LogP contribution < -0.4 is 15.3 Å². The topological polar surface area (TPSA) is 216 Å². The van der Waals surface area contributed by atoms with Crippen LogP contribution in [0.4, 0.5) is 5.82 Å². The van der Waals surface area contributed by atoms with E-state index in [4.69, 9.17) is 33.7 Å². The summed E-state index contributed by atoms with van der Waals surface area (Å²) in [5.74, 6) is -1.87. The van der Waals surface area contributed by atoms with E-state index < -0.39 is 62.2 Å². The van der Waals surface area contributed by atoms with Gasteiger partial charge in [0.25, 0.3) is 0 Å². The third kappa shape index (κ3) is 8.06. The second-order valence-electron chi connectivity index (χ2n) is 10.5. The molecule has 1 aliphatic heterocycles. The minimum absolute atomic E-state index is 0.0478. The molecule has 6 atom stereocenters. The van der Waals surface area contributed by atoms with Gasteiger partial charge in [-0.05, 0) is 37.6 Å². The van der Waals surface area contributed by atoms with Gasteiger partial charge in [-0.25, -0.2) is 14.1 Å². The number of rotatable bonds is 15. The van der Waals surface area contributed by atoms with Crippen molar-refractivity contribution < 1.29 is 46.9 Å². The van der Waals surface area contributed by atoms with Gasteiger partial charge in [0.15, 0.2) is 18.0 Å². The molecule has 4 rings (SSSR count). The lowest BCUT2D eigenvalue weighted by atomic mass is 9.95. The lowest BCUT2D eigenvalue weighted by Gasteiger charge is -2.30. The smallest absolute Gasteiger partial charge is 0.459 e. The van der Waals surface area contributed by atoms with Crippen LogP contribution >= 0.6 is 7.75 Å². The molecule has 1 aliphatic rings. The minimum Gasteiger partial charge on any atom is -0.465 e. The van der Waals surface area contributed by atoms with Gasteiger partial charge in [0.05, 0.1) is 12.3 Å². The van der Waals surface area contributed by atoms with Crippen LogP contribution in [0.1, 0.15) is 58.8 Å². The maximum Gasteiger partial charge on any atom is 0.459 e. The van der Waals surface area contributed by atoms with Gasteiger partial charge in [0.2, 0.25) is 5.60 Å². The summed E-state index contributed by atoms with van der Waals surface area (Å²) in [5.41, 5.74) is 4.48.